The molecule has 23 heavy (non-hydrogen) atoms. The molecule has 1 aliphatic rings. The highest BCUT2D eigenvalue weighted by Crippen LogP contribution is 2.38. The Balaban J connectivity index is 1.53. The summed E-state index contributed by atoms with van der Waals surface area (Å²) in [6.45, 7) is 2.24. The van der Waals surface area contributed by atoms with Gasteiger partial charge in [-0.3, -0.25) is 4.79 Å². The van der Waals surface area contributed by atoms with Gasteiger partial charge < -0.3 is 14.8 Å². The van der Waals surface area contributed by atoms with Crippen molar-refractivity contribution in [2.45, 2.75) is 12.7 Å². The predicted octanol–water partition coefficient (Wildman–Crippen LogP) is 4.36. The zero-order chi connectivity index (χ0) is 16.2. The fraction of sp³-hybridized carbons (Fsp3) is 0.235. The third-order valence-corrected chi connectivity index (χ3v) is 5.17. The first-order valence-corrected chi connectivity index (χ1v) is 9.09. The quantitative estimate of drug-likeness (QED) is 0.819. The molecule has 1 heterocycles. The third kappa shape index (κ3) is 4.00. The number of anilines is 1. The Morgan fingerprint density at radius 1 is 1.26 bits per heavy atom. The molecule has 0 spiro atoms. The minimum Gasteiger partial charge on any atom is -0.454 e. The van der Waals surface area contributed by atoms with E-state index in [2.05, 4.69) is 21.2 Å². The number of carbonyl (C=O) groups is 1. The van der Waals surface area contributed by atoms with Crippen molar-refractivity contribution in [3.63, 3.8) is 0 Å². The van der Waals surface area contributed by atoms with E-state index in [0.717, 1.165) is 38.5 Å². The van der Waals surface area contributed by atoms with Crippen LogP contribution in [0.15, 0.2) is 40.9 Å². The van der Waals surface area contributed by atoms with Crippen LogP contribution in [0.5, 0.6) is 11.5 Å². The van der Waals surface area contributed by atoms with Gasteiger partial charge in [0.2, 0.25) is 12.7 Å². The van der Waals surface area contributed by atoms with Crippen LogP contribution in [0.4, 0.5) is 5.69 Å². The van der Waals surface area contributed by atoms with Gasteiger partial charge in [0.1, 0.15) is 0 Å². The van der Waals surface area contributed by atoms with Crippen molar-refractivity contribution in [1.82, 2.24) is 0 Å². The molecule has 120 valence electrons. The highest BCUT2D eigenvalue weighted by molar-refractivity contribution is 9.10. The maximum atomic E-state index is 12.0. The van der Waals surface area contributed by atoms with E-state index in [4.69, 9.17) is 9.47 Å². The first-order valence-electron chi connectivity index (χ1n) is 7.15. The molecule has 0 bridgehead atoms. The SMILES string of the molecule is Cc1ccccc1NC(=O)CSCc1cc2c(cc1Br)OCO2. The fourth-order valence-corrected chi connectivity index (χ4v) is 3.69. The Bertz CT molecular complexity index is 736. The number of amides is 1. The van der Waals surface area contributed by atoms with E-state index >= 15 is 0 Å². The standard InChI is InChI=1S/C17H16BrNO3S/c1-11-4-2-3-5-14(11)19-17(20)9-23-8-12-6-15-16(7-13(12)18)22-10-21-15/h2-7H,8-10H2,1H3,(H,19,20). The highest BCUT2D eigenvalue weighted by atomic mass is 79.9. The van der Waals surface area contributed by atoms with Gasteiger partial charge in [-0.25, -0.2) is 0 Å². The topological polar surface area (TPSA) is 47.6 Å². The van der Waals surface area contributed by atoms with Crippen LogP contribution in [0.25, 0.3) is 0 Å². The summed E-state index contributed by atoms with van der Waals surface area (Å²) < 4.78 is 11.7. The summed E-state index contributed by atoms with van der Waals surface area (Å²) in [6.07, 6.45) is 0. The molecule has 0 fully saturated rings. The number of rotatable bonds is 5. The van der Waals surface area contributed by atoms with Gasteiger partial charge in [0.15, 0.2) is 11.5 Å². The normalized spacial score (nSPS) is 12.3. The molecule has 0 saturated carbocycles. The second-order valence-corrected chi connectivity index (χ2v) is 6.99. The van der Waals surface area contributed by atoms with Gasteiger partial charge in [0, 0.05) is 15.9 Å². The molecule has 0 atom stereocenters. The Morgan fingerprint density at radius 3 is 2.78 bits per heavy atom. The van der Waals surface area contributed by atoms with E-state index in [1.165, 1.54) is 0 Å². The molecule has 1 amide bonds. The highest BCUT2D eigenvalue weighted by Gasteiger charge is 2.16. The van der Waals surface area contributed by atoms with E-state index < -0.39 is 0 Å². The van der Waals surface area contributed by atoms with E-state index in [-0.39, 0.29) is 12.7 Å². The molecule has 0 aromatic heterocycles. The van der Waals surface area contributed by atoms with Crippen LogP contribution in [0.2, 0.25) is 0 Å². The predicted molar refractivity (Wildman–Crippen MR) is 96.2 cm³/mol. The second-order valence-electron chi connectivity index (χ2n) is 5.15. The first-order chi connectivity index (χ1) is 11.1. The summed E-state index contributed by atoms with van der Waals surface area (Å²) in [5, 5.41) is 2.94. The van der Waals surface area contributed by atoms with Gasteiger partial charge in [0.05, 0.1) is 5.75 Å². The lowest BCUT2D eigenvalue weighted by atomic mass is 10.2. The van der Waals surface area contributed by atoms with Gasteiger partial charge in [-0.1, -0.05) is 34.1 Å². The van der Waals surface area contributed by atoms with Gasteiger partial charge in [0.25, 0.3) is 0 Å². The van der Waals surface area contributed by atoms with Crippen LogP contribution in [-0.4, -0.2) is 18.5 Å². The number of benzene rings is 2. The minimum atomic E-state index is 0.00108. The van der Waals surface area contributed by atoms with Crippen molar-refractivity contribution >= 4 is 39.3 Å². The number of hydrogen-bond acceptors (Lipinski definition) is 4. The number of fused-ring (bicyclic) bond motifs is 1. The maximum Gasteiger partial charge on any atom is 0.234 e. The Labute approximate surface area is 147 Å². The summed E-state index contributed by atoms with van der Waals surface area (Å²) in [5.41, 5.74) is 3.01. The lowest BCUT2D eigenvalue weighted by Gasteiger charge is -2.09. The smallest absolute Gasteiger partial charge is 0.234 e. The molecule has 4 nitrogen and oxygen atoms in total. The van der Waals surface area contributed by atoms with E-state index in [1.54, 1.807) is 11.8 Å². The molecule has 0 aliphatic carbocycles. The Kier molecular flexibility index (Phi) is 5.13. The first kappa shape index (κ1) is 16.2. The van der Waals surface area contributed by atoms with Crippen LogP contribution < -0.4 is 14.8 Å². The molecule has 2 aromatic carbocycles. The van der Waals surface area contributed by atoms with Crippen molar-refractivity contribution in [2.24, 2.45) is 0 Å². The summed E-state index contributed by atoms with van der Waals surface area (Å²) in [7, 11) is 0. The number of aryl methyl sites for hydroxylation is 1. The number of thioether (sulfide) groups is 1. The van der Waals surface area contributed by atoms with Gasteiger partial charge >= 0.3 is 0 Å². The summed E-state index contributed by atoms with van der Waals surface area (Å²) in [4.78, 5) is 12.0. The lowest BCUT2D eigenvalue weighted by molar-refractivity contribution is -0.113. The number of ether oxygens (including phenoxy) is 2. The van der Waals surface area contributed by atoms with Crippen LogP contribution >= 0.6 is 27.7 Å². The molecular formula is C17H16BrNO3S. The lowest BCUT2D eigenvalue weighted by Crippen LogP contribution is -2.14. The maximum absolute atomic E-state index is 12.0. The van der Waals surface area contributed by atoms with Gasteiger partial charge in [-0.15, -0.1) is 11.8 Å². The number of hydrogen-bond donors (Lipinski definition) is 1. The van der Waals surface area contributed by atoms with Crippen LogP contribution in [-0.2, 0) is 10.5 Å². The zero-order valence-corrected chi connectivity index (χ0v) is 15.0. The van der Waals surface area contributed by atoms with Crippen molar-refractivity contribution in [2.75, 3.05) is 17.9 Å². The molecule has 6 heteroatoms. The van der Waals surface area contributed by atoms with Crippen molar-refractivity contribution < 1.29 is 14.3 Å². The van der Waals surface area contributed by atoms with E-state index in [1.807, 2.05) is 43.3 Å². The van der Waals surface area contributed by atoms with E-state index in [0.29, 0.717) is 5.75 Å². The monoisotopic (exact) mass is 393 g/mol. The third-order valence-electron chi connectivity index (χ3n) is 3.45. The largest absolute Gasteiger partial charge is 0.454 e. The Hall–Kier alpha value is -1.66. The Morgan fingerprint density at radius 2 is 2.00 bits per heavy atom. The van der Waals surface area contributed by atoms with Crippen molar-refractivity contribution in [3.8, 4) is 11.5 Å². The second kappa shape index (κ2) is 7.27. The molecule has 0 unspecified atom stereocenters. The summed E-state index contributed by atoms with van der Waals surface area (Å²) >= 11 is 5.09. The average molecular weight is 394 g/mol. The van der Waals surface area contributed by atoms with Gasteiger partial charge in [-0.05, 0) is 36.2 Å². The summed E-state index contributed by atoms with van der Waals surface area (Å²) in [5.74, 6) is 2.63. The molecule has 0 radical (unpaired) electrons. The van der Waals surface area contributed by atoms with E-state index in [9.17, 15) is 4.79 Å². The van der Waals surface area contributed by atoms with Crippen molar-refractivity contribution in [1.29, 1.82) is 0 Å². The molecular weight excluding hydrogens is 378 g/mol. The van der Waals surface area contributed by atoms with Gasteiger partial charge in [-0.2, -0.15) is 0 Å². The molecule has 1 N–H and O–H groups in total. The minimum absolute atomic E-state index is 0.00108. The molecule has 1 aliphatic heterocycles. The number of para-hydroxylation sites is 1. The average Bonchev–Trinajstić information content (AvgIpc) is 2.97. The van der Waals surface area contributed by atoms with Crippen LogP contribution in [0.3, 0.4) is 0 Å². The fourth-order valence-electron chi connectivity index (χ4n) is 2.22. The number of carbonyl (C=O) groups excluding carboxylic acids is 1. The van der Waals surface area contributed by atoms with Crippen LogP contribution in [0, 0.1) is 6.92 Å². The zero-order valence-electron chi connectivity index (χ0n) is 12.6. The number of halogens is 1. The summed E-state index contributed by atoms with van der Waals surface area (Å²) in [6, 6.07) is 11.6. The van der Waals surface area contributed by atoms with Crippen molar-refractivity contribution in [3.05, 3.63) is 52.0 Å². The molecule has 2 aromatic rings. The molecule has 0 saturated heterocycles. The molecule has 3 rings (SSSR count). The van der Waals surface area contributed by atoms with Crippen LogP contribution in [0.1, 0.15) is 11.1 Å². The number of nitrogens with one attached hydrogen (secondary N) is 1.